The first-order valence-corrected chi connectivity index (χ1v) is 10.6. The number of hydrogen-bond acceptors (Lipinski definition) is 4. The summed E-state index contributed by atoms with van der Waals surface area (Å²) in [7, 11) is -3.47. The lowest BCUT2D eigenvalue weighted by Crippen LogP contribution is -2.39. The van der Waals surface area contributed by atoms with Gasteiger partial charge in [0.15, 0.2) is 0 Å². The number of carbonyl (C=O) groups excluding carboxylic acids is 1. The largest absolute Gasteiger partial charge is 0.326 e. The van der Waals surface area contributed by atoms with Gasteiger partial charge in [0.2, 0.25) is 15.9 Å². The lowest BCUT2D eigenvalue weighted by molar-refractivity contribution is -0.117. The first-order valence-electron chi connectivity index (χ1n) is 9.12. The Morgan fingerprint density at radius 1 is 1.15 bits per heavy atom. The summed E-state index contributed by atoms with van der Waals surface area (Å²) in [4.78, 5) is 12.5. The summed E-state index contributed by atoms with van der Waals surface area (Å²) in [5.41, 5.74) is 0.636. The van der Waals surface area contributed by atoms with E-state index in [-0.39, 0.29) is 23.2 Å². The molecule has 0 aromatic heterocycles. The molecule has 2 unspecified atom stereocenters. The smallest absolute Gasteiger partial charge is 0.240 e. The zero-order valence-corrected chi connectivity index (χ0v) is 16.7. The number of nitrogens with one attached hydrogen (secondary N) is 3. The van der Waals surface area contributed by atoms with E-state index in [9.17, 15) is 13.2 Å². The number of benzene rings is 1. The number of piperidine rings is 1. The molecule has 1 aromatic rings. The van der Waals surface area contributed by atoms with Crippen molar-refractivity contribution in [2.75, 3.05) is 11.9 Å². The van der Waals surface area contributed by atoms with E-state index in [1.165, 1.54) is 25.0 Å². The highest BCUT2D eigenvalue weighted by molar-refractivity contribution is 7.89. The van der Waals surface area contributed by atoms with E-state index in [1.807, 2.05) is 6.92 Å². The minimum atomic E-state index is -3.47. The summed E-state index contributed by atoms with van der Waals surface area (Å²) < 4.78 is 26.6. The third kappa shape index (κ3) is 5.42. The molecular weight excluding hydrogens is 374 g/mol. The molecule has 0 spiro atoms. The standard InChI is InChI=1S/C18H27N3O3S.ClH/c1-2-9-19-25(23,24)17-7-5-14(6-8-17)21-18(22)12-13-10-15-3-4-16(11-13)20-15;/h5-8,13,15-16,19-20H,2-4,9-12H2,1H3,(H,21,22);1H. The Morgan fingerprint density at radius 2 is 1.77 bits per heavy atom. The van der Waals surface area contributed by atoms with Crippen LogP contribution in [0.3, 0.4) is 0 Å². The Kier molecular flexibility index (Phi) is 7.46. The van der Waals surface area contributed by atoms with Crippen molar-refractivity contribution in [2.24, 2.45) is 5.92 Å². The molecule has 3 rings (SSSR count). The molecular formula is C18H28ClN3O3S. The number of fused-ring (bicyclic) bond motifs is 2. The maximum Gasteiger partial charge on any atom is 0.240 e. The Hall–Kier alpha value is -1.15. The average molecular weight is 402 g/mol. The van der Waals surface area contributed by atoms with E-state index in [4.69, 9.17) is 0 Å². The van der Waals surface area contributed by atoms with Gasteiger partial charge in [0.25, 0.3) is 0 Å². The quantitative estimate of drug-likeness (QED) is 0.655. The van der Waals surface area contributed by atoms with Gasteiger partial charge < -0.3 is 10.6 Å². The summed E-state index contributed by atoms with van der Waals surface area (Å²) >= 11 is 0. The Labute approximate surface area is 162 Å². The number of rotatable bonds is 7. The fourth-order valence-corrected chi connectivity index (χ4v) is 4.99. The molecule has 2 atom stereocenters. The van der Waals surface area contributed by atoms with Crippen molar-refractivity contribution in [1.29, 1.82) is 0 Å². The summed E-state index contributed by atoms with van der Waals surface area (Å²) in [6, 6.07) is 7.50. The van der Waals surface area contributed by atoms with E-state index in [1.54, 1.807) is 12.1 Å². The molecule has 0 saturated carbocycles. The van der Waals surface area contributed by atoms with E-state index in [2.05, 4.69) is 15.4 Å². The first-order chi connectivity index (χ1) is 12.0. The lowest BCUT2D eigenvalue weighted by atomic mass is 9.89. The van der Waals surface area contributed by atoms with Gasteiger partial charge >= 0.3 is 0 Å². The molecule has 2 heterocycles. The molecule has 0 aliphatic carbocycles. The Bertz CT molecular complexity index is 697. The second-order valence-electron chi connectivity index (χ2n) is 7.15. The highest BCUT2D eigenvalue weighted by atomic mass is 35.5. The molecule has 0 radical (unpaired) electrons. The minimum Gasteiger partial charge on any atom is -0.326 e. The van der Waals surface area contributed by atoms with E-state index >= 15 is 0 Å². The van der Waals surface area contributed by atoms with Crippen LogP contribution in [0.1, 0.15) is 45.4 Å². The SMILES string of the molecule is CCCNS(=O)(=O)c1ccc(NC(=O)CC2CC3CCC(C2)N3)cc1.Cl. The Balaban J connectivity index is 0.00000243. The summed E-state index contributed by atoms with van der Waals surface area (Å²) in [6.45, 7) is 2.33. The van der Waals surface area contributed by atoms with Crippen LogP contribution in [0, 0.1) is 5.92 Å². The summed E-state index contributed by atoms with van der Waals surface area (Å²) in [5.74, 6) is 0.447. The fraction of sp³-hybridized carbons (Fsp3) is 0.611. The van der Waals surface area contributed by atoms with Crippen LogP contribution >= 0.6 is 12.4 Å². The third-order valence-electron chi connectivity index (χ3n) is 5.04. The first kappa shape index (κ1) is 21.2. The molecule has 1 aromatic carbocycles. The van der Waals surface area contributed by atoms with Gasteiger partial charge in [0, 0.05) is 30.7 Å². The fourth-order valence-electron chi connectivity index (χ4n) is 3.85. The van der Waals surface area contributed by atoms with Crippen LogP contribution in [0.15, 0.2) is 29.2 Å². The van der Waals surface area contributed by atoms with Crippen LogP contribution in [0.5, 0.6) is 0 Å². The number of anilines is 1. The number of halogens is 1. The summed E-state index contributed by atoms with van der Waals surface area (Å²) in [6.07, 6.45) is 5.88. The van der Waals surface area contributed by atoms with Crippen molar-refractivity contribution in [1.82, 2.24) is 10.0 Å². The maximum absolute atomic E-state index is 12.3. The second kappa shape index (κ2) is 9.17. The topological polar surface area (TPSA) is 87.3 Å². The molecule has 2 fully saturated rings. The number of amides is 1. The van der Waals surface area contributed by atoms with Crippen LogP contribution in [0.4, 0.5) is 5.69 Å². The van der Waals surface area contributed by atoms with Gasteiger partial charge in [-0.1, -0.05) is 6.92 Å². The van der Waals surface area contributed by atoms with Crippen molar-refractivity contribution in [2.45, 2.75) is 62.4 Å². The van der Waals surface area contributed by atoms with Crippen molar-refractivity contribution in [3.63, 3.8) is 0 Å². The van der Waals surface area contributed by atoms with Gasteiger partial charge in [0.1, 0.15) is 0 Å². The van der Waals surface area contributed by atoms with E-state index in [0.29, 0.717) is 36.7 Å². The van der Waals surface area contributed by atoms with Crippen LogP contribution in [-0.2, 0) is 14.8 Å². The normalized spacial score (nSPS) is 24.7. The molecule has 2 aliphatic rings. The number of carbonyl (C=O) groups is 1. The van der Waals surface area contributed by atoms with Gasteiger partial charge in [-0.2, -0.15) is 0 Å². The molecule has 1 amide bonds. The molecule has 3 N–H and O–H groups in total. The predicted octanol–water partition coefficient (Wildman–Crippen LogP) is 2.66. The van der Waals surface area contributed by atoms with Crippen molar-refractivity contribution in [3.05, 3.63) is 24.3 Å². The molecule has 2 aliphatic heterocycles. The molecule has 146 valence electrons. The second-order valence-corrected chi connectivity index (χ2v) is 8.92. The minimum absolute atomic E-state index is 0. The number of sulfonamides is 1. The van der Waals surface area contributed by atoms with Crippen LogP contribution in [-0.4, -0.2) is 33.0 Å². The van der Waals surface area contributed by atoms with Crippen LogP contribution in [0.2, 0.25) is 0 Å². The molecule has 8 heteroatoms. The Morgan fingerprint density at radius 3 is 2.35 bits per heavy atom. The zero-order valence-electron chi connectivity index (χ0n) is 15.0. The maximum atomic E-state index is 12.3. The molecule has 26 heavy (non-hydrogen) atoms. The van der Waals surface area contributed by atoms with Gasteiger partial charge in [-0.25, -0.2) is 13.1 Å². The van der Waals surface area contributed by atoms with Gasteiger partial charge in [-0.15, -0.1) is 12.4 Å². The molecule has 6 nitrogen and oxygen atoms in total. The summed E-state index contributed by atoms with van der Waals surface area (Å²) in [5, 5.41) is 6.47. The van der Waals surface area contributed by atoms with Gasteiger partial charge in [0.05, 0.1) is 4.90 Å². The van der Waals surface area contributed by atoms with Crippen molar-refractivity contribution < 1.29 is 13.2 Å². The molecule has 2 saturated heterocycles. The van der Waals surface area contributed by atoms with Crippen molar-refractivity contribution in [3.8, 4) is 0 Å². The highest BCUT2D eigenvalue weighted by Gasteiger charge is 2.34. The van der Waals surface area contributed by atoms with Gasteiger partial charge in [-0.3, -0.25) is 4.79 Å². The van der Waals surface area contributed by atoms with E-state index < -0.39 is 10.0 Å². The van der Waals surface area contributed by atoms with E-state index in [0.717, 1.165) is 19.3 Å². The van der Waals surface area contributed by atoms with Crippen LogP contribution in [0.25, 0.3) is 0 Å². The average Bonchev–Trinajstić information content (AvgIpc) is 2.92. The predicted molar refractivity (Wildman–Crippen MR) is 105 cm³/mol. The monoisotopic (exact) mass is 401 g/mol. The molecule has 2 bridgehead atoms. The highest BCUT2D eigenvalue weighted by Crippen LogP contribution is 2.32. The third-order valence-corrected chi connectivity index (χ3v) is 6.51. The zero-order chi connectivity index (χ0) is 17.9. The lowest BCUT2D eigenvalue weighted by Gasteiger charge is -2.28. The number of hydrogen-bond donors (Lipinski definition) is 3. The van der Waals surface area contributed by atoms with Crippen molar-refractivity contribution >= 4 is 34.0 Å². The van der Waals surface area contributed by atoms with Crippen LogP contribution < -0.4 is 15.4 Å². The van der Waals surface area contributed by atoms with Gasteiger partial charge in [-0.05, 0) is 62.3 Å².